The number of hydrogen-bond donors (Lipinski definition) is 4. The number of carbonyl (C=O) groups is 2. The summed E-state index contributed by atoms with van der Waals surface area (Å²) in [5.74, 6) is -0.709. The Morgan fingerprint density at radius 2 is 1.57 bits per heavy atom. The van der Waals surface area contributed by atoms with Crippen LogP contribution in [0.5, 0.6) is 17.2 Å². The van der Waals surface area contributed by atoms with Crippen LogP contribution in [0.15, 0.2) is 85.2 Å². The van der Waals surface area contributed by atoms with Crippen molar-refractivity contribution in [3.8, 4) is 28.4 Å². The zero-order valence-electron chi connectivity index (χ0n) is 22.6. The van der Waals surface area contributed by atoms with Gasteiger partial charge in [0.1, 0.15) is 17.2 Å². The molecule has 1 aliphatic heterocycles. The highest BCUT2D eigenvalue weighted by atomic mass is 19.4. The minimum atomic E-state index is -4.79. The van der Waals surface area contributed by atoms with Gasteiger partial charge in [0, 0.05) is 30.4 Å². The lowest BCUT2D eigenvalue weighted by Gasteiger charge is -2.37. The van der Waals surface area contributed by atoms with Crippen molar-refractivity contribution in [3.05, 3.63) is 90.8 Å². The number of benzene rings is 3. The fraction of sp³-hybridized carbons (Fsp3) is 0.233. The summed E-state index contributed by atoms with van der Waals surface area (Å²) in [5, 5.41) is 20.6. The Bertz CT molecular complexity index is 1460. The largest absolute Gasteiger partial charge is 0.573 e. The van der Waals surface area contributed by atoms with Gasteiger partial charge in [0.15, 0.2) is 0 Å². The van der Waals surface area contributed by atoms with E-state index in [1.165, 1.54) is 18.2 Å². The number of aliphatic carboxylic acids is 1. The Morgan fingerprint density at radius 1 is 0.929 bits per heavy atom. The number of aromatic amines is 1. The molecule has 0 aliphatic carbocycles. The van der Waals surface area contributed by atoms with Crippen molar-refractivity contribution in [3.63, 3.8) is 0 Å². The first-order valence-electron chi connectivity index (χ1n) is 13.0. The first-order chi connectivity index (χ1) is 20.0. The lowest BCUT2D eigenvalue weighted by Crippen LogP contribution is -2.48. The first kappa shape index (κ1) is 30.1. The number of halogens is 3. The maximum atomic E-state index is 13.6. The lowest BCUT2D eigenvalue weighted by atomic mass is 9.72. The maximum absolute atomic E-state index is 13.6. The van der Waals surface area contributed by atoms with Crippen LogP contribution in [0.4, 0.5) is 18.9 Å². The fourth-order valence-corrected chi connectivity index (χ4v) is 4.62. The minimum Gasteiger partial charge on any atom is -0.481 e. The van der Waals surface area contributed by atoms with Gasteiger partial charge in [-0.1, -0.05) is 30.3 Å². The first-order valence-corrected chi connectivity index (χ1v) is 13.0. The standard InChI is InChI=1S/C28H25F3N4O3.C2H4O2/c29-28(30,31)38-25-3-1-2-24(16-25)37-23-10-8-22(9-11-23)35-26(36)27(12-14-32-15-13-27)21-6-4-19(5-7-21)20-17-33-34-18-20;1-2(3)4/h1-11,16-18,32H,12-15H2,(H,33,34)(H,35,36);1H3,(H,3,4). The predicted octanol–water partition coefficient (Wildman–Crippen LogP) is 6.12. The molecule has 0 bridgehead atoms. The molecule has 5 rings (SSSR count). The third-order valence-electron chi connectivity index (χ3n) is 6.55. The van der Waals surface area contributed by atoms with Gasteiger partial charge in [-0.15, -0.1) is 13.2 Å². The average Bonchev–Trinajstić information content (AvgIpc) is 3.49. The molecular weight excluding hydrogens is 553 g/mol. The number of piperidine rings is 1. The highest BCUT2D eigenvalue weighted by Crippen LogP contribution is 2.36. The van der Waals surface area contributed by atoms with Gasteiger partial charge in [-0.05, 0) is 73.5 Å². The van der Waals surface area contributed by atoms with E-state index in [1.807, 2.05) is 30.5 Å². The summed E-state index contributed by atoms with van der Waals surface area (Å²) in [6, 6.07) is 20.0. The summed E-state index contributed by atoms with van der Waals surface area (Å²) >= 11 is 0. The van der Waals surface area contributed by atoms with E-state index in [0.717, 1.165) is 42.8 Å². The van der Waals surface area contributed by atoms with Crippen molar-refractivity contribution in [2.45, 2.75) is 31.5 Å². The smallest absolute Gasteiger partial charge is 0.481 e. The summed E-state index contributed by atoms with van der Waals surface area (Å²) in [6.45, 7) is 2.53. The van der Waals surface area contributed by atoms with Crippen LogP contribution in [-0.4, -0.2) is 46.6 Å². The summed E-state index contributed by atoms with van der Waals surface area (Å²) in [4.78, 5) is 22.6. The van der Waals surface area contributed by atoms with Crippen molar-refractivity contribution in [1.82, 2.24) is 15.5 Å². The molecule has 1 aliphatic rings. The van der Waals surface area contributed by atoms with Crippen molar-refractivity contribution < 1.29 is 37.3 Å². The van der Waals surface area contributed by atoms with E-state index in [0.29, 0.717) is 24.3 Å². The van der Waals surface area contributed by atoms with Crippen LogP contribution in [0, 0.1) is 0 Å². The van der Waals surface area contributed by atoms with Gasteiger partial charge >= 0.3 is 6.36 Å². The van der Waals surface area contributed by atoms with E-state index in [1.54, 1.807) is 30.5 Å². The molecule has 1 amide bonds. The van der Waals surface area contributed by atoms with Crippen LogP contribution in [0.25, 0.3) is 11.1 Å². The molecule has 1 fully saturated rings. The van der Waals surface area contributed by atoms with Gasteiger partial charge < -0.3 is 25.2 Å². The molecule has 2 heterocycles. The second kappa shape index (κ2) is 13.2. The van der Waals surface area contributed by atoms with E-state index in [9.17, 15) is 18.0 Å². The normalized spacial score (nSPS) is 14.2. The quantitative estimate of drug-likeness (QED) is 0.207. The number of ether oxygens (including phenoxy) is 2. The number of rotatable bonds is 7. The third kappa shape index (κ3) is 8.10. The van der Waals surface area contributed by atoms with Crippen molar-refractivity contribution in [1.29, 1.82) is 0 Å². The van der Waals surface area contributed by atoms with Crippen molar-refractivity contribution in [2.75, 3.05) is 18.4 Å². The van der Waals surface area contributed by atoms with Crippen LogP contribution in [0.2, 0.25) is 0 Å². The highest BCUT2D eigenvalue weighted by molar-refractivity contribution is 5.99. The Labute approximate surface area is 239 Å². The summed E-state index contributed by atoms with van der Waals surface area (Å²) in [5.41, 5.74) is 2.84. The average molecular weight is 583 g/mol. The Balaban J connectivity index is 0.000000952. The number of carbonyl (C=O) groups excluding carboxylic acids is 1. The molecule has 0 unspecified atom stereocenters. The second-order valence-electron chi connectivity index (χ2n) is 9.52. The Morgan fingerprint density at radius 3 is 2.17 bits per heavy atom. The van der Waals surface area contributed by atoms with E-state index in [4.69, 9.17) is 14.6 Å². The number of hydrogen-bond acceptors (Lipinski definition) is 6. The lowest BCUT2D eigenvalue weighted by molar-refractivity contribution is -0.274. The number of amides is 1. The third-order valence-corrected chi connectivity index (χ3v) is 6.55. The molecule has 0 atom stereocenters. The molecule has 3 aromatic carbocycles. The van der Waals surface area contributed by atoms with Crippen molar-refractivity contribution >= 4 is 17.6 Å². The van der Waals surface area contributed by atoms with E-state index < -0.39 is 17.7 Å². The summed E-state index contributed by atoms with van der Waals surface area (Å²) in [7, 11) is 0. The predicted molar refractivity (Wildman–Crippen MR) is 149 cm³/mol. The summed E-state index contributed by atoms with van der Waals surface area (Å²) in [6.07, 6.45) is 0.0970. The van der Waals surface area contributed by atoms with Gasteiger partial charge in [-0.25, -0.2) is 0 Å². The Kier molecular flexibility index (Phi) is 9.48. The molecule has 0 spiro atoms. The molecule has 9 nitrogen and oxygen atoms in total. The molecule has 1 aromatic heterocycles. The fourth-order valence-electron chi connectivity index (χ4n) is 4.62. The van der Waals surface area contributed by atoms with Crippen LogP contribution in [0.3, 0.4) is 0 Å². The van der Waals surface area contributed by atoms with Crippen LogP contribution >= 0.6 is 0 Å². The number of carboxylic acid groups (broad SMARTS) is 1. The Hall–Kier alpha value is -4.84. The zero-order chi connectivity index (χ0) is 30.2. The molecule has 1 saturated heterocycles. The number of H-pyrrole nitrogens is 1. The van der Waals surface area contributed by atoms with Gasteiger partial charge in [0.2, 0.25) is 5.91 Å². The molecule has 12 heteroatoms. The molecule has 220 valence electrons. The summed E-state index contributed by atoms with van der Waals surface area (Å²) < 4.78 is 47.1. The number of nitrogens with one attached hydrogen (secondary N) is 3. The molecule has 0 radical (unpaired) electrons. The number of anilines is 1. The number of nitrogens with zero attached hydrogens (tertiary/aromatic N) is 1. The number of carboxylic acids is 1. The van der Waals surface area contributed by atoms with Gasteiger partial charge in [-0.3, -0.25) is 14.7 Å². The zero-order valence-corrected chi connectivity index (χ0v) is 22.6. The van der Waals surface area contributed by atoms with Crippen LogP contribution in [0.1, 0.15) is 25.3 Å². The van der Waals surface area contributed by atoms with E-state index in [-0.39, 0.29) is 17.4 Å². The topological polar surface area (TPSA) is 126 Å². The maximum Gasteiger partial charge on any atom is 0.573 e. The highest BCUT2D eigenvalue weighted by Gasteiger charge is 2.41. The SMILES string of the molecule is CC(=O)O.O=C(Nc1ccc(Oc2cccc(OC(F)(F)F)c2)cc1)C1(c2ccc(-c3cn[nH]c3)cc2)CCNCC1. The second-order valence-corrected chi connectivity index (χ2v) is 9.52. The number of alkyl halides is 3. The van der Waals surface area contributed by atoms with Gasteiger partial charge in [0.25, 0.3) is 5.97 Å². The minimum absolute atomic E-state index is 0.0965. The van der Waals surface area contributed by atoms with E-state index in [2.05, 4.69) is 25.6 Å². The molecular formula is C30H29F3N4O5. The molecule has 42 heavy (non-hydrogen) atoms. The van der Waals surface area contributed by atoms with Crippen LogP contribution in [-0.2, 0) is 15.0 Å². The van der Waals surface area contributed by atoms with Gasteiger partial charge in [-0.2, -0.15) is 5.10 Å². The molecule has 0 saturated carbocycles. The number of aromatic nitrogens is 2. The van der Waals surface area contributed by atoms with Crippen LogP contribution < -0.4 is 20.1 Å². The van der Waals surface area contributed by atoms with E-state index >= 15 is 0 Å². The molecule has 4 aromatic rings. The van der Waals surface area contributed by atoms with Gasteiger partial charge in [0.05, 0.1) is 11.6 Å². The monoisotopic (exact) mass is 582 g/mol. The molecule has 4 N–H and O–H groups in total. The van der Waals surface area contributed by atoms with Crippen molar-refractivity contribution in [2.24, 2.45) is 0 Å².